The van der Waals surface area contributed by atoms with Gasteiger partial charge in [0.2, 0.25) is 0 Å². The van der Waals surface area contributed by atoms with E-state index in [9.17, 15) is 13.2 Å². The van der Waals surface area contributed by atoms with E-state index in [0.717, 1.165) is 10.2 Å². The second kappa shape index (κ2) is 7.89. The number of rotatable bonds is 5. The third kappa shape index (κ3) is 5.04. The van der Waals surface area contributed by atoms with Crippen molar-refractivity contribution in [3.05, 3.63) is 41.6 Å². The van der Waals surface area contributed by atoms with E-state index in [1.54, 1.807) is 10.7 Å². The van der Waals surface area contributed by atoms with Crippen LogP contribution >= 0.6 is 0 Å². The Balaban J connectivity index is 2.41. The summed E-state index contributed by atoms with van der Waals surface area (Å²) < 4.78 is 27.4. The van der Waals surface area contributed by atoms with Crippen molar-refractivity contribution in [3.8, 4) is 0 Å². The SMILES string of the molecule is CON(C)S(=O)(=O)c1cccc(C(=O)Nc2cc(C(C)(C)C)nn2C(C)(C)C)c1. The van der Waals surface area contributed by atoms with Crippen molar-refractivity contribution in [2.45, 2.75) is 57.4 Å². The molecule has 0 unspecified atom stereocenters. The highest BCUT2D eigenvalue weighted by Crippen LogP contribution is 2.28. The van der Waals surface area contributed by atoms with Gasteiger partial charge in [0.05, 0.1) is 23.2 Å². The van der Waals surface area contributed by atoms with E-state index in [2.05, 4.69) is 31.2 Å². The van der Waals surface area contributed by atoms with Crippen molar-refractivity contribution in [1.82, 2.24) is 14.2 Å². The molecule has 2 aromatic rings. The zero-order valence-electron chi connectivity index (χ0n) is 18.3. The summed E-state index contributed by atoms with van der Waals surface area (Å²) in [6.07, 6.45) is 0. The van der Waals surface area contributed by atoms with Crippen LogP contribution in [0.2, 0.25) is 0 Å². The lowest BCUT2D eigenvalue weighted by atomic mass is 9.92. The number of amides is 1. The highest BCUT2D eigenvalue weighted by atomic mass is 32.2. The summed E-state index contributed by atoms with van der Waals surface area (Å²) in [5.41, 5.74) is 0.531. The molecule has 0 spiro atoms. The number of benzene rings is 1. The minimum Gasteiger partial charge on any atom is -0.307 e. The highest BCUT2D eigenvalue weighted by molar-refractivity contribution is 7.89. The monoisotopic (exact) mass is 422 g/mol. The number of anilines is 1. The molecule has 29 heavy (non-hydrogen) atoms. The van der Waals surface area contributed by atoms with Crippen LogP contribution in [0.15, 0.2) is 35.2 Å². The summed E-state index contributed by atoms with van der Waals surface area (Å²) in [6, 6.07) is 7.67. The minimum atomic E-state index is -3.85. The third-order valence-corrected chi connectivity index (χ3v) is 6.02. The van der Waals surface area contributed by atoms with E-state index in [0.29, 0.717) is 5.82 Å². The minimum absolute atomic E-state index is 0.0331. The number of nitrogens with zero attached hydrogens (tertiary/aromatic N) is 3. The topological polar surface area (TPSA) is 93.5 Å². The maximum atomic E-state index is 12.9. The van der Waals surface area contributed by atoms with Gasteiger partial charge in [-0.1, -0.05) is 31.3 Å². The lowest BCUT2D eigenvalue weighted by molar-refractivity contribution is -0.0258. The molecular weight excluding hydrogens is 392 g/mol. The molecule has 1 aromatic heterocycles. The molecule has 2 rings (SSSR count). The number of carbonyl (C=O) groups is 1. The molecule has 8 nitrogen and oxygen atoms in total. The average molecular weight is 423 g/mol. The Hall–Kier alpha value is -2.23. The van der Waals surface area contributed by atoms with Gasteiger partial charge < -0.3 is 5.32 Å². The largest absolute Gasteiger partial charge is 0.307 e. The van der Waals surface area contributed by atoms with Crippen LogP contribution in [0.3, 0.4) is 0 Å². The van der Waals surface area contributed by atoms with Crippen LogP contribution < -0.4 is 5.32 Å². The molecule has 0 bridgehead atoms. The first kappa shape index (κ1) is 23.1. The van der Waals surface area contributed by atoms with Gasteiger partial charge in [0, 0.05) is 24.1 Å². The van der Waals surface area contributed by atoms with Crippen molar-refractivity contribution < 1.29 is 18.0 Å². The van der Waals surface area contributed by atoms with Crippen molar-refractivity contribution in [3.63, 3.8) is 0 Å². The Bertz CT molecular complexity index is 998. The highest BCUT2D eigenvalue weighted by Gasteiger charge is 2.27. The van der Waals surface area contributed by atoms with E-state index < -0.39 is 15.9 Å². The zero-order valence-corrected chi connectivity index (χ0v) is 19.1. The van der Waals surface area contributed by atoms with Gasteiger partial charge in [0.25, 0.3) is 15.9 Å². The van der Waals surface area contributed by atoms with Crippen molar-refractivity contribution in [1.29, 1.82) is 0 Å². The van der Waals surface area contributed by atoms with Crippen LogP contribution in [0.1, 0.15) is 57.6 Å². The fraction of sp³-hybridized carbons (Fsp3) is 0.500. The Morgan fingerprint density at radius 3 is 2.28 bits per heavy atom. The molecule has 0 fully saturated rings. The Kier molecular flexibility index (Phi) is 6.27. The van der Waals surface area contributed by atoms with Crippen molar-refractivity contribution >= 4 is 21.7 Å². The molecule has 0 aliphatic carbocycles. The van der Waals surface area contributed by atoms with Gasteiger partial charge in [-0.15, -0.1) is 0 Å². The second-order valence-corrected chi connectivity index (χ2v) is 10.8. The molecule has 1 aromatic carbocycles. The molecule has 160 valence electrons. The first-order chi connectivity index (χ1) is 13.2. The Labute approximate surface area is 172 Å². The fourth-order valence-corrected chi connectivity index (χ4v) is 3.60. The Morgan fingerprint density at radius 2 is 1.76 bits per heavy atom. The summed E-state index contributed by atoms with van der Waals surface area (Å²) in [5.74, 6) is 0.127. The molecule has 0 atom stereocenters. The molecule has 0 aliphatic rings. The quantitative estimate of drug-likeness (QED) is 0.746. The third-order valence-electron chi connectivity index (χ3n) is 4.34. The van der Waals surface area contributed by atoms with E-state index in [4.69, 9.17) is 4.84 Å². The summed E-state index contributed by atoms with van der Waals surface area (Å²) in [7, 11) is -1.30. The van der Waals surface area contributed by atoms with Crippen LogP contribution in [-0.2, 0) is 25.8 Å². The van der Waals surface area contributed by atoms with Crippen molar-refractivity contribution in [2.75, 3.05) is 19.5 Å². The maximum absolute atomic E-state index is 12.9. The summed E-state index contributed by atoms with van der Waals surface area (Å²) in [5, 5.41) is 7.54. The van der Waals surface area contributed by atoms with E-state index in [-0.39, 0.29) is 21.4 Å². The summed E-state index contributed by atoms with van der Waals surface area (Å²) in [6.45, 7) is 12.1. The molecule has 1 amide bonds. The normalized spacial score (nSPS) is 13.0. The number of sulfonamides is 1. The van der Waals surface area contributed by atoms with E-state index in [1.165, 1.54) is 32.4 Å². The molecule has 0 aliphatic heterocycles. The first-order valence-corrected chi connectivity index (χ1v) is 10.7. The molecule has 0 saturated heterocycles. The van der Waals surface area contributed by atoms with Crippen LogP contribution in [0.4, 0.5) is 5.82 Å². The number of carbonyl (C=O) groups excluding carboxylic acids is 1. The summed E-state index contributed by atoms with van der Waals surface area (Å²) >= 11 is 0. The first-order valence-electron chi connectivity index (χ1n) is 9.23. The fourth-order valence-electron chi connectivity index (χ4n) is 2.58. The molecule has 9 heteroatoms. The average Bonchev–Trinajstić information content (AvgIpc) is 3.05. The van der Waals surface area contributed by atoms with Crippen LogP contribution in [0, 0.1) is 0 Å². The van der Waals surface area contributed by atoms with E-state index >= 15 is 0 Å². The van der Waals surface area contributed by atoms with Gasteiger partial charge >= 0.3 is 0 Å². The molecule has 0 radical (unpaired) electrons. The van der Waals surface area contributed by atoms with Crippen LogP contribution in [0.5, 0.6) is 0 Å². The standard InChI is InChI=1S/C20H30N4O4S/c1-19(2,3)16-13-17(24(22-16)20(4,5)6)21-18(25)14-10-9-11-15(12-14)29(26,27)23(7)28-8/h9-13H,1-8H3,(H,21,25). The number of hydrogen-bond donors (Lipinski definition) is 1. The lowest BCUT2D eigenvalue weighted by Gasteiger charge is -2.23. The molecule has 1 N–H and O–H groups in total. The van der Waals surface area contributed by atoms with Gasteiger partial charge in [0.1, 0.15) is 5.82 Å². The van der Waals surface area contributed by atoms with Crippen LogP contribution in [0.25, 0.3) is 0 Å². The predicted octanol–water partition coefficient (Wildman–Crippen LogP) is 3.37. The van der Waals surface area contributed by atoms with Crippen molar-refractivity contribution in [2.24, 2.45) is 0 Å². The van der Waals surface area contributed by atoms with Gasteiger partial charge in [-0.2, -0.15) is 5.10 Å². The Morgan fingerprint density at radius 1 is 1.14 bits per heavy atom. The second-order valence-electron chi connectivity index (χ2n) is 8.83. The smallest absolute Gasteiger partial charge is 0.264 e. The van der Waals surface area contributed by atoms with Gasteiger partial charge in [-0.05, 0) is 39.0 Å². The molecular formula is C20H30N4O4S. The number of hydrogen-bond acceptors (Lipinski definition) is 5. The lowest BCUT2D eigenvalue weighted by Crippen LogP contribution is -2.28. The maximum Gasteiger partial charge on any atom is 0.264 e. The molecule has 0 saturated carbocycles. The van der Waals surface area contributed by atoms with Crippen LogP contribution in [-0.4, -0.2) is 42.7 Å². The van der Waals surface area contributed by atoms with Gasteiger partial charge in [0.15, 0.2) is 0 Å². The summed E-state index contributed by atoms with van der Waals surface area (Å²) in [4.78, 5) is 17.6. The van der Waals surface area contributed by atoms with Gasteiger partial charge in [-0.3, -0.25) is 9.63 Å². The number of hydroxylamine groups is 1. The molecule has 1 heterocycles. The number of nitrogens with one attached hydrogen (secondary N) is 1. The number of aromatic nitrogens is 2. The zero-order chi connectivity index (χ0) is 22.2. The van der Waals surface area contributed by atoms with Gasteiger partial charge in [-0.25, -0.2) is 13.1 Å². The van der Waals surface area contributed by atoms with E-state index in [1.807, 2.05) is 26.8 Å². The predicted molar refractivity (Wildman–Crippen MR) is 112 cm³/mol.